The molecule has 19 heavy (non-hydrogen) atoms. The Bertz CT molecular complexity index is 692. The fourth-order valence-corrected chi connectivity index (χ4v) is 2.36. The topological polar surface area (TPSA) is 74.2 Å². The molecule has 2 N–H and O–H groups in total. The normalized spacial score (nSPS) is 10.6. The summed E-state index contributed by atoms with van der Waals surface area (Å²) < 4.78 is 10.3. The molecule has 0 atom stereocenters. The predicted octanol–water partition coefficient (Wildman–Crippen LogP) is 3.06. The first-order chi connectivity index (χ1) is 9.28. The minimum atomic E-state index is 0.512. The third-order valence-corrected chi connectivity index (χ3v) is 3.50. The van der Waals surface area contributed by atoms with Crippen molar-refractivity contribution in [3.63, 3.8) is 0 Å². The maximum atomic E-state index is 5.86. The second-order valence-corrected chi connectivity index (χ2v) is 4.80. The number of benzene rings is 1. The van der Waals surface area contributed by atoms with Crippen LogP contribution in [0.4, 0.5) is 5.69 Å². The minimum Gasteiger partial charge on any atom is -0.495 e. The summed E-state index contributed by atoms with van der Waals surface area (Å²) in [6.45, 7) is 0. The van der Waals surface area contributed by atoms with E-state index in [9.17, 15) is 0 Å². The van der Waals surface area contributed by atoms with Gasteiger partial charge in [0.15, 0.2) is 0 Å². The number of aromatic nitrogens is 2. The van der Waals surface area contributed by atoms with Crippen LogP contribution >= 0.6 is 11.3 Å². The van der Waals surface area contributed by atoms with Gasteiger partial charge in [-0.15, -0.1) is 11.3 Å². The molecular weight excluding hydrogens is 262 g/mol. The molecule has 0 unspecified atom stereocenters. The van der Waals surface area contributed by atoms with Crippen molar-refractivity contribution in [2.24, 2.45) is 0 Å². The third kappa shape index (κ3) is 2.17. The van der Waals surface area contributed by atoms with Gasteiger partial charge in [-0.05, 0) is 29.6 Å². The summed E-state index contributed by atoms with van der Waals surface area (Å²) in [4.78, 5) is 5.30. The van der Waals surface area contributed by atoms with Crippen LogP contribution in [0.1, 0.15) is 0 Å². The Hall–Kier alpha value is -2.34. The number of nitrogens with two attached hydrogens (primary N) is 1. The number of nitrogens with zero attached hydrogens (tertiary/aromatic N) is 2. The van der Waals surface area contributed by atoms with Crippen molar-refractivity contribution >= 4 is 17.0 Å². The van der Waals surface area contributed by atoms with Gasteiger partial charge in [0.1, 0.15) is 5.75 Å². The zero-order valence-corrected chi connectivity index (χ0v) is 11.0. The number of nitrogen functional groups attached to an aromatic ring is 1. The second-order valence-electron chi connectivity index (χ2n) is 3.86. The highest BCUT2D eigenvalue weighted by atomic mass is 32.1. The lowest BCUT2D eigenvalue weighted by Gasteiger charge is -2.04. The molecule has 96 valence electrons. The van der Waals surface area contributed by atoms with Gasteiger partial charge in [-0.1, -0.05) is 11.2 Å². The molecule has 0 amide bonds. The lowest BCUT2D eigenvalue weighted by atomic mass is 10.2. The summed E-state index contributed by atoms with van der Waals surface area (Å²) in [7, 11) is 1.58. The van der Waals surface area contributed by atoms with E-state index < -0.39 is 0 Å². The zero-order valence-electron chi connectivity index (χ0n) is 10.2. The van der Waals surface area contributed by atoms with Gasteiger partial charge in [-0.2, -0.15) is 4.98 Å². The van der Waals surface area contributed by atoms with Crippen molar-refractivity contribution in [3.8, 4) is 27.9 Å². The van der Waals surface area contributed by atoms with Crippen molar-refractivity contribution in [3.05, 3.63) is 35.7 Å². The van der Waals surface area contributed by atoms with Crippen molar-refractivity contribution in [1.29, 1.82) is 0 Å². The Balaban J connectivity index is 1.97. The van der Waals surface area contributed by atoms with E-state index in [0.29, 0.717) is 23.2 Å². The summed E-state index contributed by atoms with van der Waals surface area (Å²) in [6, 6.07) is 9.27. The first-order valence-electron chi connectivity index (χ1n) is 5.59. The SMILES string of the molecule is COc1ccc(-c2noc(-c3cccs3)n2)cc1N. The third-order valence-electron chi connectivity index (χ3n) is 2.65. The highest BCUT2D eigenvalue weighted by Gasteiger charge is 2.12. The lowest BCUT2D eigenvalue weighted by Crippen LogP contribution is -1.93. The van der Waals surface area contributed by atoms with Gasteiger partial charge in [-0.25, -0.2) is 0 Å². The molecule has 0 aliphatic carbocycles. The highest BCUT2D eigenvalue weighted by molar-refractivity contribution is 7.13. The van der Waals surface area contributed by atoms with Crippen molar-refractivity contribution in [2.45, 2.75) is 0 Å². The number of anilines is 1. The van der Waals surface area contributed by atoms with Crippen LogP contribution in [0.25, 0.3) is 22.2 Å². The van der Waals surface area contributed by atoms with Gasteiger partial charge in [0.2, 0.25) is 5.82 Å². The summed E-state index contributed by atoms with van der Waals surface area (Å²) >= 11 is 1.55. The van der Waals surface area contributed by atoms with Crippen molar-refractivity contribution < 1.29 is 9.26 Å². The van der Waals surface area contributed by atoms with Gasteiger partial charge in [0, 0.05) is 5.56 Å². The highest BCUT2D eigenvalue weighted by Crippen LogP contribution is 2.29. The standard InChI is InChI=1S/C13H11N3O2S/c1-17-10-5-4-8(7-9(10)14)12-15-13(18-16-12)11-3-2-6-19-11/h2-7H,14H2,1H3. The van der Waals surface area contributed by atoms with Crippen molar-refractivity contribution in [1.82, 2.24) is 10.1 Å². The predicted molar refractivity (Wildman–Crippen MR) is 74.0 cm³/mol. The molecule has 2 heterocycles. The Morgan fingerprint density at radius 1 is 1.32 bits per heavy atom. The van der Waals surface area contributed by atoms with Gasteiger partial charge in [0.05, 0.1) is 17.7 Å². The van der Waals surface area contributed by atoms with Crippen LogP contribution in [0.3, 0.4) is 0 Å². The number of hydrogen-bond donors (Lipinski definition) is 1. The van der Waals surface area contributed by atoms with E-state index >= 15 is 0 Å². The van der Waals surface area contributed by atoms with Crippen LogP contribution in [0.2, 0.25) is 0 Å². The number of methoxy groups -OCH3 is 1. The van der Waals surface area contributed by atoms with Crippen LogP contribution in [0.5, 0.6) is 5.75 Å². The maximum absolute atomic E-state index is 5.86. The number of hydrogen-bond acceptors (Lipinski definition) is 6. The fourth-order valence-electron chi connectivity index (χ4n) is 1.71. The number of thiophene rings is 1. The van der Waals surface area contributed by atoms with Crippen LogP contribution in [-0.4, -0.2) is 17.3 Å². The number of rotatable bonds is 3. The van der Waals surface area contributed by atoms with Crippen LogP contribution in [-0.2, 0) is 0 Å². The Labute approximate surface area is 113 Å². The molecule has 0 saturated carbocycles. The van der Waals surface area contributed by atoms with E-state index in [1.54, 1.807) is 30.6 Å². The maximum Gasteiger partial charge on any atom is 0.268 e. The summed E-state index contributed by atoms with van der Waals surface area (Å²) in [5, 5.41) is 5.93. The molecule has 0 radical (unpaired) electrons. The Kier molecular flexibility index (Phi) is 2.92. The zero-order chi connectivity index (χ0) is 13.2. The molecule has 0 saturated heterocycles. The van der Waals surface area contributed by atoms with E-state index in [4.69, 9.17) is 15.0 Å². The van der Waals surface area contributed by atoms with Gasteiger partial charge in [-0.3, -0.25) is 0 Å². The van der Waals surface area contributed by atoms with Crippen LogP contribution in [0.15, 0.2) is 40.2 Å². The molecule has 3 aromatic rings. The number of ether oxygens (including phenoxy) is 1. The molecular formula is C13H11N3O2S. The molecule has 5 nitrogen and oxygen atoms in total. The van der Waals surface area contributed by atoms with E-state index in [1.807, 2.05) is 23.6 Å². The molecule has 0 aliphatic heterocycles. The Morgan fingerprint density at radius 3 is 2.89 bits per heavy atom. The quantitative estimate of drug-likeness (QED) is 0.742. The first kappa shape index (κ1) is 11.7. The van der Waals surface area contributed by atoms with E-state index in [1.165, 1.54) is 0 Å². The minimum absolute atomic E-state index is 0.512. The van der Waals surface area contributed by atoms with Gasteiger partial charge >= 0.3 is 0 Å². The van der Waals surface area contributed by atoms with E-state index in [-0.39, 0.29) is 0 Å². The molecule has 0 fully saturated rings. The largest absolute Gasteiger partial charge is 0.495 e. The molecule has 0 spiro atoms. The van der Waals surface area contributed by atoms with Crippen LogP contribution < -0.4 is 10.5 Å². The van der Waals surface area contributed by atoms with Gasteiger partial charge < -0.3 is 15.0 Å². The van der Waals surface area contributed by atoms with Gasteiger partial charge in [0.25, 0.3) is 5.89 Å². The molecule has 0 aliphatic rings. The second kappa shape index (κ2) is 4.74. The molecule has 2 aromatic heterocycles. The van der Waals surface area contributed by atoms with Crippen molar-refractivity contribution in [2.75, 3.05) is 12.8 Å². The summed E-state index contributed by atoms with van der Waals surface area (Å²) in [6.07, 6.45) is 0. The lowest BCUT2D eigenvalue weighted by molar-refractivity contribution is 0.417. The average molecular weight is 273 g/mol. The Morgan fingerprint density at radius 2 is 2.21 bits per heavy atom. The smallest absolute Gasteiger partial charge is 0.268 e. The summed E-state index contributed by atoms with van der Waals surface area (Å²) in [5.74, 6) is 1.66. The van der Waals surface area contributed by atoms with E-state index in [2.05, 4.69) is 10.1 Å². The molecule has 1 aromatic carbocycles. The molecule has 6 heteroatoms. The average Bonchev–Trinajstić information content (AvgIpc) is 3.09. The van der Waals surface area contributed by atoms with Crippen LogP contribution in [0, 0.1) is 0 Å². The monoisotopic (exact) mass is 273 g/mol. The molecule has 0 bridgehead atoms. The summed E-state index contributed by atoms with van der Waals surface area (Å²) in [5.41, 5.74) is 7.20. The fraction of sp³-hybridized carbons (Fsp3) is 0.0769. The first-order valence-corrected chi connectivity index (χ1v) is 6.47. The molecule has 3 rings (SSSR count). The van der Waals surface area contributed by atoms with E-state index in [0.717, 1.165) is 10.4 Å².